The maximum atomic E-state index is 13.2. The number of nitrogens with one attached hydrogen (secondary N) is 1. The van der Waals surface area contributed by atoms with E-state index in [9.17, 15) is 18.8 Å². The Morgan fingerprint density at radius 2 is 1.64 bits per heavy atom. The molecule has 0 radical (unpaired) electrons. The van der Waals surface area contributed by atoms with E-state index in [1.54, 1.807) is 21.9 Å². The van der Waals surface area contributed by atoms with E-state index in [0.717, 1.165) is 10.2 Å². The van der Waals surface area contributed by atoms with Gasteiger partial charge in [0.05, 0.1) is 5.69 Å². The molecule has 2 aromatic carbocycles. The predicted octanol–water partition coefficient (Wildman–Crippen LogP) is 3.32. The molecule has 1 aliphatic heterocycles. The van der Waals surface area contributed by atoms with Crippen LogP contribution in [0.25, 0.3) is 5.69 Å². The summed E-state index contributed by atoms with van der Waals surface area (Å²) in [6.07, 6.45) is 0. The zero-order valence-corrected chi connectivity index (χ0v) is 18.6. The summed E-state index contributed by atoms with van der Waals surface area (Å²) in [5.41, 5.74) is 1.53. The van der Waals surface area contributed by atoms with Gasteiger partial charge in [-0.1, -0.05) is 17.7 Å². The highest BCUT2D eigenvalue weighted by Crippen LogP contribution is 2.20. The van der Waals surface area contributed by atoms with E-state index in [2.05, 4.69) is 10.4 Å². The average Bonchev–Trinajstić information content (AvgIpc) is 2.82. The second-order valence-electron chi connectivity index (χ2n) is 7.62. The van der Waals surface area contributed by atoms with Gasteiger partial charge < -0.3 is 15.1 Å². The largest absolute Gasteiger partial charge is 0.334 e. The topological polar surface area (TPSA) is 87.5 Å². The van der Waals surface area contributed by atoms with E-state index < -0.39 is 11.4 Å². The first-order valence-electron chi connectivity index (χ1n) is 10.3. The van der Waals surface area contributed by atoms with Gasteiger partial charge in [0, 0.05) is 43.0 Å². The van der Waals surface area contributed by atoms with Crippen molar-refractivity contribution in [1.82, 2.24) is 19.6 Å². The van der Waals surface area contributed by atoms with Crippen molar-refractivity contribution in [3.8, 4) is 5.69 Å². The van der Waals surface area contributed by atoms with Gasteiger partial charge in [-0.05, 0) is 55.0 Å². The third-order valence-corrected chi connectivity index (χ3v) is 5.77. The number of halogens is 2. The number of rotatable bonds is 3. The molecular formula is C23H21ClFN5O3. The molecule has 1 aliphatic rings. The first-order valence-corrected chi connectivity index (χ1v) is 10.7. The Labute approximate surface area is 194 Å². The van der Waals surface area contributed by atoms with Crippen LogP contribution >= 0.6 is 11.6 Å². The van der Waals surface area contributed by atoms with Gasteiger partial charge in [-0.2, -0.15) is 9.78 Å². The Kier molecular flexibility index (Phi) is 6.41. The zero-order valence-electron chi connectivity index (χ0n) is 17.8. The number of nitrogens with zero attached hydrogens (tertiary/aromatic N) is 4. The second kappa shape index (κ2) is 9.41. The fourth-order valence-electron chi connectivity index (χ4n) is 3.44. The average molecular weight is 470 g/mol. The molecule has 33 heavy (non-hydrogen) atoms. The van der Waals surface area contributed by atoms with Gasteiger partial charge in [0.2, 0.25) is 0 Å². The molecule has 1 N–H and O–H groups in total. The van der Waals surface area contributed by atoms with Crippen LogP contribution in [0.1, 0.15) is 16.1 Å². The highest BCUT2D eigenvalue weighted by Gasteiger charge is 2.26. The molecule has 3 aromatic rings. The van der Waals surface area contributed by atoms with E-state index in [4.69, 9.17) is 11.6 Å². The van der Waals surface area contributed by atoms with Crippen LogP contribution in [0.3, 0.4) is 0 Å². The van der Waals surface area contributed by atoms with Gasteiger partial charge in [0.25, 0.3) is 11.5 Å². The van der Waals surface area contributed by atoms with Gasteiger partial charge in [0.15, 0.2) is 0 Å². The van der Waals surface area contributed by atoms with E-state index in [1.807, 2.05) is 13.0 Å². The molecule has 3 amide bonds. The highest BCUT2D eigenvalue weighted by molar-refractivity contribution is 6.31. The zero-order chi connectivity index (χ0) is 23.5. The third kappa shape index (κ3) is 5.04. The van der Waals surface area contributed by atoms with Crippen LogP contribution in [0.5, 0.6) is 0 Å². The number of benzene rings is 2. The smallest absolute Gasteiger partial charge is 0.321 e. The van der Waals surface area contributed by atoms with Crippen molar-refractivity contribution in [2.24, 2.45) is 0 Å². The minimum atomic E-state index is -0.439. The molecule has 0 saturated carbocycles. The van der Waals surface area contributed by atoms with E-state index in [1.165, 1.54) is 36.4 Å². The molecule has 2 heterocycles. The fraction of sp³-hybridized carbons (Fsp3) is 0.217. The normalized spacial score (nSPS) is 13.7. The molecule has 1 aromatic heterocycles. The number of aromatic nitrogens is 2. The molecule has 0 spiro atoms. The van der Waals surface area contributed by atoms with E-state index >= 15 is 0 Å². The minimum Gasteiger partial charge on any atom is -0.334 e. The Hall–Kier alpha value is -3.72. The van der Waals surface area contributed by atoms with Gasteiger partial charge in [-0.15, -0.1) is 0 Å². The van der Waals surface area contributed by atoms with Crippen molar-refractivity contribution in [2.45, 2.75) is 6.92 Å². The van der Waals surface area contributed by atoms with E-state index in [0.29, 0.717) is 42.6 Å². The third-order valence-electron chi connectivity index (χ3n) is 5.37. The summed E-state index contributed by atoms with van der Waals surface area (Å²) in [4.78, 5) is 40.9. The number of anilines is 1. The van der Waals surface area contributed by atoms with Crippen molar-refractivity contribution < 1.29 is 14.0 Å². The van der Waals surface area contributed by atoms with Crippen molar-refractivity contribution >= 4 is 29.2 Å². The molecule has 0 bridgehead atoms. The summed E-state index contributed by atoms with van der Waals surface area (Å²) in [5, 5.41) is 7.54. The Balaban J connectivity index is 1.40. The monoisotopic (exact) mass is 469 g/mol. The molecule has 8 nitrogen and oxygen atoms in total. The number of carbonyl (C=O) groups excluding carboxylic acids is 2. The fourth-order valence-corrected chi connectivity index (χ4v) is 3.62. The van der Waals surface area contributed by atoms with Crippen LogP contribution in [0, 0.1) is 12.7 Å². The lowest BCUT2D eigenvalue weighted by Crippen LogP contribution is -2.52. The molecule has 4 rings (SSSR count). The van der Waals surface area contributed by atoms with Gasteiger partial charge in [-0.3, -0.25) is 9.59 Å². The van der Waals surface area contributed by atoms with Crippen molar-refractivity contribution in [2.75, 3.05) is 31.5 Å². The molecule has 0 atom stereocenters. The quantitative estimate of drug-likeness (QED) is 0.637. The standard InChI is InChI=1S/C23H21ClFN5O3/c1-15-2-5-17(14-19(15)24)26-23(33)29-12-10-28(11-13-29)22(32)20-8-9-21(31)30(27-20)18-6-3-16(25)4-7-18/h2-9,14H,10-13H2,1H3,(H,26,33). The van der Waals surface area contributed by atoms with Crippen LogP contribution in [-0.2, 0) is 0 Å². The maximum absolute atomic E-state index is 13.2. The number of hydrogen-bond acceptors (Lipinski definition) is 4. The molecular weight excluding hydrogens is 449 g/mol. The summed E-state index contributed by atoms with van der Waals surface area (Å²) in [5.74, 6) is -0.789. The lowest BCUT2D eigenvalue weighted by Gasteiger charge is -2.34. The van der Waals surface area contributed by atoms with Crippen molar-refractivity contribution in [1.29, 1.82) is 0 Å². The van der Waals surface area contributed by atoms with Crippen LogP contribution in [-0.4, -0.2) is 57.7 Å². The molecule has 0 aliphatic carbocycles. The molecule has 0 unspecified atom stereocenters. The minimum absolute atomic E-state index is 0.0890. The predicted molar refractivity (Wildman–Crippen MR) is 122 cm³/mol. The summed E-state index contributed by atoms with van der Waals surface area (Å²) >= 11 is 6.11. The molecule has 1 saturated heterocycles. The molecule has 1 fully saturated rings. The Morgan fingerprint density at radius 3 is 2.30 bits per heavy atom. The van der Waals surface area contributed by atoms with Crippen molar-refractivity contribution in [3.05, 3.63) is 87.0 Å². The number of piperazine rings is 1. The number of aryl methyl sites for hydroxylation is 1. The summed E-state index contributed by atoms with van der Waals surface area (Å²) in [7, 11) is 0. The maximum Gasteiger partial charge on any atom is 0.321 e. The first kappa shape index (κ1) is 22.5. The van der Waals surface area contributed by atoms with Gasteiger partial charge >= 0.3 is 6.03 Å². The molecule has 10 heteroatoms. The lowest BCUT2D eigenvalue weighted by molar-refractivity contribution is 0.0664. The summed E-state index contributed by atoms with van der Waals surface area (Å²) in [6.45, 7) is 3.20. The second-order valence-corrected chi connectivity index (χ2v) is 8.03. The number of urea groups is 1. The van der Waals surface area contributed by atoms with Gasteiger partial charge in [-0.25, -0.2) is 9.18 Å². The summed E-state index contributed by atoms with van der Waals surface area (Å²) in [6, 6.07) is 12.9. The first-order chi connectivity index (χ1) is 15.8. The highest BCUT2D eigenvalue weighted by atomic mass is 35.5. The van der Waals surface area contributed by atoms with Gasteiger partial charge in [0.1, 0.15) is 11.5 Å². The summed E-state index contributed by atoms with van der Waals surface area (Å²) < 4.78 is 14.2. The number of amides is 3. The number of carbonyl (C=O) groups is 2. The van der Waals surface area contributed by atoms with Crippen LogP contribution in [0.4, 0.5) is 14.9 Å². The van der Waals surface area contributed by atoms with E-state index in [-0.39, 0.29) is 17.6 Å². The Morgan fingerprint density at radius 1 is 0.970 bits per heavy atom. The SMILES string of the molecule is Cc1ccc(NC(=O)N2CCN(C(=O)c3ccc(=O)n(-c4ccc(F)cc4)n3)CC2)cc1Cl. The number of hydrogen-bond donors (Lipinski definition) is 1. The van der Waals surface area contributed by atoms with Crippen LogP contribution in [0.15, 0.2) is 59.4 Å². The van der Waals surface area contributed by atoms with Crippen LogP contribution in [0.2, 0.25) is 5.02 Å². The molecule has 170 valence electrons. The Bertz CT molecular complexity index is 1250. The van der Waals surface area contributed by atoms with Crippen LogP contribution < -0.4 is 10.9 Å². The van der Waals surface area contributed by atoms with Crippen molar-refractivity contribution in [3.63, 3.8) is 0 Å². The lowest BCUT2D eigenvalue weighted by atomic mass is 10.2.